The van der Waals surface area contributed by atoms with Crippen molar-refractivity contribution in [1.29, 1.82) is 0 Å². The Labute approximate surface area is 124 Å². The van der Waals surface area contributed by atoms with Gasteiger partial charge in [-0.3, -0.25) is 9.18 Å². The zero-order valence-electron chi connectivity index (χ0n) is 11.8. The summed E-state index contributed by atoms with van der Waals surface area (Å²) in [5.41, 5.74) is 2.68. The number of hydrogen-bond donors (Lipinski definition) is 1. The van der Waals surface area contributed by atoms with Crippen molar-refractivity contribution in [2.75, 3.05) is 12.0 Å². The number of benzene rings is 2. The Morgan fingerprint density at radius 1 is 1.05 bits per heavy atom. The Bertz CT molecular complexity index is 590. The summed E-state index contributed by atoms with van der Waals surface area (Å²) in [6.07, 6.45) is 4.44. The van der Waals surface area contributed by atoms with Crippen molar-refractivity contribution in [2.45, 2.75) is 12.8 Å². The standard InChI is InChI=1S/C18H18FNO/c19-13-4-5-15-8-10-17(11-9-15)20-14-12-18(21)16-6-2-1-3-7-16/h1-3,6-12,14,20H,4-5,13H2/i19-1. The van der Waals surface area contributed by atoms with Crippen LogP contribution in [0.15, 0.2) is 66.9 Å². The zero-order valence-corrected chi connectivity index (χ0v) is 11.8. The highest BCUT2D eigenvalue weighted by atomic mass is 18.2. The topological polar surface area (TPSA) is 29.1 Å². The number of halogens is 1. The van der Waals surface area contributed by atoms with Gasteiger partial charge in [-0.25, -0.2) is 0 Å². The Morgan fingerprint density at radius 2 is 1.76 bits per heavy atom. The molecule has 0 aliphatic heterocycles. The van der Waals surface area contributed by atoms with Crippen LogP contribution < -0.4 is 5.32 Å². The van der Waals surface area contributed by atoms with Gasteiger partial charge in [0.05, 0.1) is 6.67 Å². The normalized spacial score (nSPS) is 10.7. The third kappa shape index (κ3) is 4.88. The lowest BCUT2D eigenvalue weighted by Crippen LogP contribution is -1.96. The highest BCUT2D eigenvalue weighted by Gasteiger charge is 1.99. The van der Waals surface area contributed by atoms with Gasteiger partial charge >= 0.3 is 0 Å². The first-order valence-electron chi connectivity index (χ1n) is 6.97. The van der Waals surface area contributed by atoms with Crippen molar-refractivity contribution in [3.63, 3.8) is 0 Å². The Balaban J connectivity index is 1.88. The lowest BCUT2D eigenvalue weighted by Gasteiger charge is -2.03. The van der Waals surface area contributed by atoms with E-state index in [9.17, 15) is 9.18 Å². The second-order valence-corrected chi connectivity index (χ2v) is 4.70. The van der Waals surface area contributed by atoms with E-state index in [0.717, 1.165) is 17.7 Å². The predicted octanol–water partition coefficient (Wildman–Crippen LogP) is 4.40. The number of allylic oxidation sites excluding steroid dienone is 1. The molecule has 0 atom stereocenters. The summed E-state index contributed by atoms with van der Waals surface area (Å²) in [4.78, 5) is 11.8. The summed E-state index contributed by atoms with van der Waals surface area (Å²) in [6, 6.07) is 16.9. The van der Waals surface area contributed by atoms with Gasteiger partial charge in [-0.2, -0.15) is 0 Å². The quantitative estimate of drug-likeness (QED) is 0.602. The van der Waals surface area contributed by atoms with E-state index < -0.39 is 0 Å². The first-order valence-corrected chi connectivity index (χ1v) is 6.97. The van der Waals surface area contributed by atoms with Crippen molar-refractivity contribution >= 4 is 11.5 Å². The van der Waals surface area contributed by atoms with E-state index in [2.05, 4.69) is 5.32 Å². The maximum atomic E-state index is 12.1. The van der Waals surface area contributed by atoms with Crippen molar-refractivity contribution in [3.8, 4) is 0 Å². The van der Waals surface area contributed by atoms with E-state index in [1.165, 1.54) is 6.08 Å². The Morgan fingerprint density at radius 3 is 2.43 bits per heavy atom. The lowest BCUT2D eigenvalue weighted by molar-refractivity contribution is 0.104. The molecule has 1 N–H and O–H groups in total. The average molecular weight is 282 g/mol. The number of rotatable bonds is 7. The Kier molecular flexibility index (Phi) is 5.71. The minimum absolute atomic E-state index is 0.0392. The van der Waals surface area contributed by atoms with E-state index in [-0.39, 0.29) is 12.5 Å². The van der Waals surface area contributed by atoms with Crippen LogP contribution in [-0.2, 0) is 6.42 Å². The van der Waals surface area contributed by atoms with Gasteiger partial charge in [0.2, 0.25) is 0 Å². The van der Waals surface area contributed by atoms with Crippen molar-refractivity contribution in [2.24, 2.45) is 0 Å². The third-order valence-electron chi connectivity index (χ3n) is 3.10. The van der Waals surface area contributed by atoms with Gasteiger partial charge in [-0.15, -0.1) is 0 Å². The molecule has 2 rings (SSSR count). The molecular weight excluding hydrogens is 264 g/mol. The fourth-order valence-electron chi connectivity index (χ4n) is 1.95. The summed E-state index contributed by atoms with van der Waals surface area (Å²) in [7, 11) is 0. The molecule has 0 radical (unpaired) electrons. The number of nitrogens with one attached hydrogen (secondary N) is 1. The molecule has 0 saturated heterocycles. The molecule has 3 heteroatoms. The molecule has 0 saturated carbocycles. The molecule has 0 spiro atoms. The second kappa shape index (κ2) is 8.00. The van der Waals surface area contributed by atoms with E-state index >= 15 is 0 Å². The number of aryl methyl sites for hydroxylation is 1. The molecule has 0 bridgehead atoms. The van der Waals surface area contributed by atoms with Crippen molar-refractivity contribution in [3.05, 3.63) is 78.0 Å². The fraction of sp³-hybridized carbons (Fsp3) is 0.167. The maximum Gasteiger partial charge on any atom is 0.187 e. The molecule has 0 aliphatic carbocycles. The monoisotopic (exact) mass is 282 g/mol. The van der Waals surface area contributed by atoms with E-state index in [1.807, 2.05) is 42.5 Å². The van der Waals surface area contributed by atoms with Gasteiger partial charge in [-0.1, -0.05) is 42.5 Å². The summed E-state index contributed by atoms with van der Waals surface area (Å²) in [5.74, 6) is -0.0392. The molecule has 0 aliphatic rings. The molecule has 2 aromatic carbocycles. The van der Waals surface area contributed by atoms with Gasteiger partial charge in [-0.05, 0) is 30.5 Å². The minimum atomic E-state index is -0.287. The first kappa shape index (κ1) is 15.0. The van der Waals surface area contributed by atoms with Gasteiger partial charge in [0, 0.05) is 23.5 Å². The van der Waals surface area contributed by atoms with E-state index in [4.69, 9.17) is 0 Å². The smallest absolute Gasteiger partial charge is 0.187 e. The molecular formula is C18H18FNO. The van der Waals surface area contributed by atoms with Crippen LogP contribution in [0.5, 0.6) is 0 Å². The first-order chi connectivity index (χ1) is 10.3. The van der Waals surface area contributed by atoms with Crippen molar-refractivity contribution in [1.82, 2.24) is 0 Å². The van der Waals surface area contributed by atoms with Gasteiger partial charge < -0.3 is 5.32 Å². The molecule has 21 heavy (non-hydrogen) atoms. The second-order valence-electron chi connectivity index (χ2n) is 4.70. The molecule has 0 unspecified atom stereocenters. The summed E-state index contributed by atoms with van der Waals surface area (Å²) < 4.78 is 12.1. The Hall–Kier alpha value is -2.42. The number of ketones is 1. The van der Waals surface area contributed by atoms with Crippen LogP contribution in [0.3, 0.4) is 0 Å². The maximum absolute atomic E-state index is 12.1. The molecule has 108 valence electrons. The van der Waals surface area contributed by atoms with Gasteiger partial charge in [0.25, 0.3) is 0 Å². The van der Waals surface area contributed by atoms with Crippen molar-refractivity contribution < 1.29 is 9.18 Å². The van der Waals surface area contributed by atoms with Crippen LogP contribution in [0.2, 0.25) is 0 Å². The predicted molar refractivity (Wildman–Crippen MR) is 84.3 cm³/mol. The number of carbonyl (C=O) groups is 1. The summed E-state index contributed by atoms with van der Waals surface area (Å²) in [5, 5.41) is 3.05. The highest BCUT2D eigenvalue weighted by Crippen LogP contribution is 2.11. The van der Waals surface area contributed by atoms with Crippen LogP contribution in [0.1, 0.15) is 22.3 Å². The van der Waals surface area contributed by atoms with Crippen LogP contribution >= 0.6 is 0 Å². The van der Waals surface area contributed by atoms with Crippen LogP contribution in [0.4, 0.5) is 10.1 Å². The molecule has 0 fully saturated rings. The summed E-state index contributed by atoms with van der Waals surface area (Å²) >= 11 is 0. The average Bonchev–Trinajstić information content (AvgIpc) is 2.55. The van der Waals surface area contributed by atoms with Gasteiger partial charge in [0.15, 0.2) is 5.78 Å². The van der Waals surface area contributed by atoms with E-state index in [0.29, 0.717) is 12.0 Å². The molecule has 0 heterocycles. The minimum Gasteiger partial charge on any atom is -0.362 e. The molecule has 0 aromatic heterocycles. The van der Waals surface area contributed by atoms with Gasteiger partial charge in [0.1, 0.15) is 0 Å². The molecule has 2 nitrogen and oxygen atoms in total. The van der Waals surface area contributed by atoms with Crippen LogP contribution in [0, 0.1) is 0 Å². The SMILES string of the molecule is O=C(C=CNc1ccc(CCC[18F])cc1)c1ccccc1. The zero-order chi connectivity index (χ0) is 14.9. The van der Waals surface area contributed by atoms with Crippen LogP contribution in [-0.4, -0.2) is 12.5 Å². The number of hydrogen-bond acceptors (Lipinski definition) is 2. The van der Waals surface area contributed by atoms with E-state index in [1.54, 1.807) is 18.3 Å². The van der Waals surface area contributed by atoms with Crippen LogP contribution in [0.25, 0.3) is 0 Å². The number of carbonyl (C=O) groups excluding carboxylic acids is 1. The number of anilines is 1. The fourth-order valence-corrected chi connectivity index (χ4v) is 1.95. The lowest BCUT2D eigenvalue weighted by atomic mass is 10.1. The highest BCUT2D eigenvalue weighted by molar-refractivity contribution is 6.04. The number of alkyl halides is 1. The third-order valence-corrected chi connectivity index (χ3v) is 3.10. The largest absolute Gasteiger partial charge is 0.362 e. The summed E-state index contributed by atoms with van der Waals surface area (Å²) in [6.45, 7) is -0.287. The molecule has 0 amide bonds. The molecule has 2 aromatic rings.